The van der Waals surface area contributed by atoms with Gasteiger partial charge in [0, 0.05) is 17.5 Å². The normalized spacial score (nSPS) is 14.1. The molecule has 2 unspecified atom stereocenters. The van der Waals surface area contributed by atoms with Crippen molar-refractivity contribution in [3.63, 3.8) is 0 Å². The molecule has 0 saturated heterocycles. The summed E-state index contributed by atoms with van der Waals surface area (Å²) in [5.41, 5.74) is 7.10. The van der Waals surface area contributed by atoms with Crippen molar-refractivity contribution in [1.82, 2.24) is 0 Å². The molecule has 3 N–H and O–H groups in total. The summed E-state index contributed by atoms with van der Waals surface area (Å²) in [5, 5.41) is 11.0. The Hall–Kier alpha value is -1.13. The second-order valence-electron chi connectivity index (χ2n) is 4.52. The lowest BCUT2D eigenvalue weighted by molar-refractivity contribution is 0.147. The van der Waals surface area contributed by atoms with Crippen LogP contribution >= 0.6 is 23.2 Å². The van der Waals surface area contributed by atoms with Gasteiger partial charge in [0.25, 0.3) is 0 Å². The van der Waals surface area contributed by atoms with Crippen LogP contribution in [0.1, 0.15) is 23.1 Å². The number of halogens is 3. The second-order valence-corrected chi connectivity index (χ2v) is 5.36. The predicted molar refractivity (Wildman–Crippen MR) is 79.6 cm³/mol. The molecule has 0 bridgehead atoms. The zero-order valence-corrected chi connectivity index (χ0v) is 12.1. The van der Waals surface area contributed by atoms with Gasteiger partial charge in [-0.3, -0.25) is 0 Å². The molecule has 20 heavy (non-hydrogen) atoms. The van der Waals surface area contributed by atoms with Gasteiger partial charge in [0.05, 0.1) is 11.1 Å². The van der Waals surface area contributed by atoms with Crippen LogP contribution in [-0.4, -0.2) is 11.7 Å². The average molecular weight is 314 g/mol. The van der Waals surface area contributed by atoms with E-state index in [1.807, 2.05) is 6.07 Å². The Kier molecular flexibility index (Phi) is 5.00. The van der Waals surface area contributed by atoms with Crippen molar-refractivity contribution < 1.29 is 9.50 Å². The van der Waals surface area contributed by atoms with Gasteiger partial charge in [-0.25, -0.2) is 4.39 Å². The molecule has 0 aliphatic carbocycles. The summed E-state index contributed by atoms with van der Waals surface area (Å²) in [4.78, 5) is 0. The summed E-state index contributed by atoms with van der Waals surface area (Å²) in [5.74, 6) is -0.857. The van der Waals surface area contributed by atoms with Crippen LogP contribution in [0.2, 0.25) is 10.0 Å². The van der Waals surface area contributed by atoms with Gasteiger partial charge < -0.3 is 10.8 Å². The molecule has 106 valence electrons. The van der Waals surface area contributed by atoms with E-state index >= 15 is 0 Å². The van der Waals surface area contributed by atoms with Crippen molar-refractivity contribution >= 4 is 23.2 Å². The maximum absolute atomic E-state index is 13.2. The van der Waals surface area contributed by atoms with Crippen LogP contribution in [0.25, 0.3) is 0 Å². The molecule has 2 nitrogen and oxygen atoms in total. The first kappa shape index (κ1) is 15.3. The summed E-state index contributed by atoms with van der Waals surface area (Å²) in [6.07, 6.45) is -0.878. The van der Waals surface area contributed by atoms with E-state index in [1.165, 1.54) is 18.2 Å². The maximum Gasteiger partial charge on any atom is 0.141 e. The van der Waals surface area contributed by atoms with Crippen molar-refractivity contribution in [2.45, 2.75) is 12.0 Å². The highest BCUT2D eigenvalue weighted by Crippen LogP contribution is 2.32. The predicted octanol–water partition coefficient (Wildman–Crippen LogP) is 3.91. The van der Waals surface area contributed by atoms with Crippen LogP contribution in [0.3, 0.4) is 0 Å². The van der Waals surface area contributed by atoms with E-state index in [2.05, 4.69) is 0 Å². The van der Waals surface area contributed by atoms with Crippen molar-refractivity contribution in [3.05, 3.63) is 69.5 Å². The van der Waals surface area contributed by atoms with E-state index in [9.17, 15) is 9.50 Å². The number of hydrogen-bond acceptors (Lipinski definition) is 2. The number of rotatable bonds is 4. The van der Waals surface area contributed by atoms with Gasteiger partial charge in [-0.05, 0) is 35.4 Å². The Morgan fingerprint density at radius 2 is 1.85 bits per heavy atom. The summed E-state index contributed by atoms with van der Waals surface area (Å²) in [6, 6.07) is 11.3. The van der Waals surface area contributed by atoms with E-state index in [0.717, 1.165) is 5.56 Å². The lowest BCUT2D eigenvalue weighted by Gasteiger charge is -2.22. The van der Waals surface area contributed by atoms with Gasteiger partial charge in [0.1, 0.15) is 5.82 Å². The molecule has 0 aromatic heterocycles. The fourth-order valence-corrected chi connectivity index (χ4v) is 2.50. The minimum atomic E-state index is -0.878. The van der Waals surface area contributed by atoms with Gasteiger partial charge in [0.2, 0.25) is 0 Å². The summed E-state index contributed by atoms with van der Waals surface area (Å²) in [6.45, 7) is 0.233. The molecule has 0 radical (unpaired) electrons. The Morgan fingerprint density at radius 1 is 1.10 bits per heavy atom. The lowest BCUT2D eigenvalue weighted by atomic mass is 9.89. The standard InChI is InChI=1S/C15H14Cl2FNO/c16-11-3-1-2-9(6-11)12(8-19)15(20)10-4-5-14(18)13(17)7-10/h1-7,12,15,20H,8,19H2. The average Bonchev–Trinajstić information content (AvgIpc) is 2.42. The first-order chi connectivity index (χ1) is 9.52. The Bertz CT molecular complexity index is 606. The van der Waals surface area contributed by atoms with E-state index in [1.54, 1.807) is 18.2 Å². The molecular formula is C15H14Cl2FNO. The summed E-state index contributed by atoms with van der Waals surface area (Å²) in [7, 11) is 0. The smallest absolute Gasteiger partial charge is 0.141 e. The van der Waals surface area contributed by atoms with E-state index in [4.69, 9.17) is 28.9 Å². The van der Waals surface area contributed by atoms with Gasteiger partial charge >= 0.3 is 0 Å². The zero-order valence-electron chi connectivity index (χ0n) is 10.6. The summed E-state index contributed by atoms with van der Waals surface area (Å²) < 4.78 is 13.2. The Labute approximate surface area is 126 Å². The van der Waals surface area contributed by atoms with Crippen LogP contribution in [0, 0.1) is 5.82 Å². The lowest BCUT2D eigenvalue weighted by Crippen LogP contribution is -2.20. The first-order valence-corrected chi connectivity index (χ1v) is 6.87. The number of aliphatic hydroxyl groups is 1. The fraction of sp³-hybridized carbons (Fsp3) is 0.200. The number of aliphatic hydroxyl groups excluding tert-OH is 1. The van der Waals surface area contributed by atoms with Crippen LogP contribution in [0.5, 0.6) is 0 Å². The maximum atomic E-state index is 13.2. The summed E-state index contributed by atoms with van der Waals surface area (Å²) >= 11 is 11.7. The minimum absolute atomic E-state index is 0.0246. The monoisotopic (exact) mass is 313 g/mol. The molecule has 0 fully saturated rings. The van der Waals surface area contributed by atoms with E-state index < -0.39 is 11.9 Å². The van der Waals surface area contributed by atoms with E-state index in [0.29, 0.717) is 10.6 Å². The molecule has 0 spiro atoms. The molecular weight excluding hydrogens is 300 g/mol. The highest BCUT2D eigenvalue weighted by Gasteiger charge is 2.22. The van der Waals surface area contributed by atoms with Gasteiger partial charge in [0.15, 0.2) is 0 Å². The third-order valence-corrected chi connectivity index (χ3v) is 3.72. The van der Waals surface area contributed by atoms with Gasteiger partial charge in [-0.1, -0.05) is 41.4 Å². The molecule has 2 aromatic carbocycles. The second kappa shape index (κ2) is 6.55. The van der Waals surface area contributed by atoms with Crippen molar-refractivity contribution in [2.75, 3.05) is 6.54 Å². The number of nitrogens with two attached hydrogens (primary N) is 1. The van der Waals surface area contributed by atoms with Crippen LogP contribution in [-0.2, 0) is 0 Å². The first-order valence-electron chi connectivity index (χ1n) is 6.11. The fourth-order valence-electron chi connectivity index (χ4n) is 2.11. The van der Waals surface area contributed by atoms with Crippen LogP contribution in [0.15, 0.2) is 42.5 Å². The largest absolute Gasteiger partial charge is 0.388 e. The topological polar surface area (TPSA) is 46.2 Å². The van der Waals surface area contributed by atoms with Crippen LogP contribution < -0.4 is 5.73 Å². The highest BCUT2D eigenvalue weighted by molar-refractivity contribution is 6.31. The molecule has 0 aliphatic rings. The molecule has 0 saturated carbocycles. The van der Waals surface area contributed by atoms with Crippen LogP contribution in [0.4, 0.5) is 4.39 Å². The molecule has 0 heterocycles. The Balaban J connectivity index is 2.33. The van der Waals surface area contributed by atoms with Gasteiger partial charge in [-0.2, -0.15) is 0 Å². The molecule has 0 amide bonds. The third-order valence-electron chi connectivity index (χ3n) is 3.20. The van der Waals surface area contributed by atoms with Crippen molar-refractivity contribution in [2.24, 2.45) is 5.73 Å². The molecule has 2 atom stereocenters. The van der Waals surface area contributed by atoms with Gasteiger partial charge in [-0.15, -0.1) is 0 Å². The highest BCUT2D eigenvalue weighted by atomic mass is 35.5. The number of benzene rings is 2. The number of hydrogen-bond donors (Lipinski definition) is 2. The van der Waals surface area contributed by atoms with Crippen molar-refractivity contribution in [1.29, 1.82) is 0 Å². The Morgan fingerprint density at radius 3 is 2.45 bits per heavy atom. The molecule has 2 aromatic rings. The van der Waals surface area contributed by atoms with E-state index in [-0.39, 0.29) is 17.5 Å². The molecule has 0 aliphatic heterocycles. The van der Waals surface area contributed by atoms with Crippen molar-refractivity contribution in [3.8, 4) is 0 Å². The third kappa shape index (κ3) is 3.30. The molecule has 2 rings (SSSR count). The minimum Gasteiger partial charge on any atom is -0.388 e. The SMILES string of the molecule is NCC(c1cccc(Cl)c1)C(O)c1ccc(F)c(Cl)c1. The molecule has 5 heteroatoms. The zero-order chi connectivity index (χ0) is 14.7. The quantitative estimate of drug-likeness (QED) is 0.899.